The molecule has 0 unspecified atom stereocenters. The number of imidazole rings is 1. The van der Waals surface area contributed by atoms with Crippen LogP contribution in [0.25, 0.3) is 11.0 Å². The largest absolute Gasteiger partial charge is 0.381 e. The van der Waals surface area contributed by atoms with Crippen LogP contribution in [0.1, 0.15) is 25.1 Å². The minimum atomic E-state index is 0.117. The molecule has 1 aromatic carbocycles. The Kier molecular flexibility index (Phi) is 4.95. The highest BCUT2D eigenvalue weighted by Crippen LogP contribution is 2.18. The highest BCUT2D eigenvalue weighted by atomic mass is 35.5. The molecule has 118 valence electrons. The third-order valence-electron chi connectivity index (χ3n) is 3.90. The third kappa shape index (κ3) is 3.99. The number of aromatic amines is 1. The van der Waals surface area contributed by atoms with Gasteiger partial charge in [0.25, 0.3) is 0 Å². The molecule has 1 aromatic heterocycles. The number of fused-ring (bicyclic) bond motifs is 1. The summed E-state index contributed by atoms with van der Waals surface area (Å²) >= 11 is 5.96. The zero-order valence-corrected chi connectivity index (χ0v) is 13.2. The number of benzene rings is 1. The fraction of sp³-hybridized carbons (Fsp3) is 0.500. The number of nitrogens with one attached hydrogen (secondary N) is 2. The number of aromatic nitrogens is 2. The number of nitrogens with zero attached hydrogens (tertiary/aromatic N) is 1. The molecule has 2 heterocycles. The van der Waals surface area contributed by atoms with Gasteiger partial charge in [0, 0.05) is 37.6 Å². The third-order valence-corrected chi connectivity index (χ3v) is 4.14. The van der Waals surface area contributed by atoms with Crippen molar-refractivity contribution in [3.63, 3.8) is 0 Å². The number of ether oxygens (including phenoxy) is 1. The summed E-state index contributed by atoms with van der Waals surface area (Å²) in [5.41, 5.74) is 1.87. The molecule has 2 N–H and O–H groups in total. The molecular formula is C16H20ClN3O2. The van der Waals surface area contributed by atoms with Crippen LogP contribution in [0, 0.1) is 5.92 Å². The van der Waals surface area contributed by atoms with Crippen LogP contribution in [0.15, 0.2) is 18.2 Å². The maximum absolute atomic E-state index is 11.8. The molecule has 1 aliphatic rings. The molecule has 0 aliphatic carbocycles. The standard InChI is InChI=1S/C16H20ClN3O2/c17-12-3-4-13-14(9-12)20-15(19-13)2-1-6-18-16(21)8-11-5-7-22-10-11/h3-4,9,11H,1-2,5-8,10H2,(H,18,21)(H,19,20)/t11-/m0/s1. The predicted octanol–water partition coefficient (Wildman–Crippen LogP) is 2.69. The van der Waals surface area contributed by atoms with Crippen molar-refractivity contribution in [2.24, 2.45) is 5.92 Å². The molecule has 1 fully saturated rings. The van der Waals surface area contributed by atoms with E-state index < -0.39 is 0 Å². The summed E-state index contributed by atoms with van der Waals surface area (Å²) in [4.78, 5) is 19.6. The van der Waals surface area contributed by atoms with Crippen LogP contribution in [0.5, 0.6) is 0 Å². The van der Waals surface area contributed by atoms with E-state index in [1.54, 1.807) is 0 Å². The topological polar surface area (TPSA) is 67.0 Å². The number of rotatable bonds is 6. The molecule has 0 saturated carbocycles. The molecule has 6 heteroatoms. The van der Waals surface area contributed by atoms with Gasteiger partial charge in [-0.25, -0.2) is 4.98 Å². The van der Waals surface area contributed by atoms with E-state index in [0.29, 0.717) is 23.9 Å². The summed E-state index contributed by atoms with van der Waals surface area (Å²) < 4.78 is 5.28. The molecule has 1 saturated heterocycles. The van der Waals surface area contributed by atoms with Crippen LogP contribution in [-0.4, -0.2) is 35.6 Å². The second-order valence-electron chi connectivity index (χ2n) is 5.73. The first kappa shape index (κ1) is 15.3. The van der Waals surface area contributed by atoms with E-state index in [4.69, 9.17) is 16.3 Å². The monoisotopic (exact) mass is 321 g/mol. The Labute approximate surface area is 134 Å². The average Bonchev–Trinajstić information content (AvgIpc) is 3.12. The summed E-state index contributed by atoms with van der Waals surface area (Å²) in [6, 6.07) is 5.61. The minimum absolute atomic E-state index is 0.117. The van der Waals surface area contributed by atoms with Gasteiger partial charge >= 0.3 is 0 Å². The summed E-state index contributed by atoms with van der Waals surface area (Å²) in [5.74, 6) is 1.43. The van der Waals surface area contributed by atoms with Gasteiger partial charge < -0.3 is 15.0 Å². The van der Waals surface area contributed by atoms with Gasteiger partial charge in [-0.3, -0.25) is 4.79 Å². The van der Waals surface area contributed by atoms with E-state index in [2.05, 4.69) is 15.3 Å². The van der Waals surface area contributed by atoms with Crippen molar-refractivity contribution in [1.82, 2.24) is 15.3 Å². The summed E-state index contributed by atoms with van der Waals surface area (Å²) in [6.45, 7) is 2.17. The normalized spacial score (nSPS) is 18.0. The van der Waals surface area contributed by atoms with E-state index in [1.165, 1.54) is 0 Å². The van der Waals surface area contributed by atoms with Crippen molar-refractivity contribution in [3.8, 4) is 0 Å². The fourth-order valence-corrected chi connectivity index (χ4v) is 2.89. The Hall–Kier alpha value is -1.59. The van der Waals surface area contributed by atoms with Crippen molar-refractivity contribution >= 4 is 28.5 Å². The van der Waals surface area contributed by atoms with E-state index in [1.807, 2.05) is 18.2 Å². The average molecular weight is 322 g/mol. The van der Waals surface area contributed by atoms with Crippen LogP contribution < -0.4 is 5.32 Å². The van der Waals surface area contributed by atoms with Gasteiger partial charge in [0.05, 0.1) is 11.0 Å². The Morgan fingerprint density at radius 3 is 3.23 bits per heavy atom. The van der Waals surface area contributed by atoms with E-state index in [0.717, 1.165) is 49.3 Å². The summed E-state index contributed by atoms with van der Waals surface area (Å²) in [7, 11) is 0. The zero-order valence-electron chi connectivity index (χ0n) is 12.4. The van der Waals surface area contributed by atoms with Crippen LogP contribution >= 0.6 is 11.6 Å². The van der Waals surface area contributed by atoms with Gasteiger partial charge in [-0.1, -0.05) is 11.6 Å². The number of hydrogen-bond acceptors (Lipinski definition) is 3. The Morgan fingerprint density at radius 2 is 2.41 bits per heavy atom. The summed E-state index contributed by atoms with van der Waals surface area (Å²) in [6.07, 6.45) is 3.23. The predicted molar refractivity (Wildman–Crippen MR) is 86.0 cm³/mol. The fourth-order valence-electron chi connectivity index (χ4n) is 2.72. The molecule has 1 amide bonds. The molecule has 0 radical (unpaired) electrons. The first-order valence-corrected chi connectivity index (χ1v) is 8.07. The van der Waals surface area contributed by atoms with Gasteiger partial charge in [-0.15, -0.1) is 0 Å². The van der Waals surface area contributed by atoms with Gasteiger partial charge in [0.2, 0.25) is 5.91 Å². The lowest BCUT2D eigenvalue weighted by Gasteiger charge is -2.08. The Morgan fingerprint density at radius 1 is 1.50 bits per heavy atom. The second kappa shape index (κ2) is 7.11. The lowest BCUT2D eigenvalue weighted by molar-refractivity contribution is -0.122. The molecule has 1 atom stereocenters. The van der Waals surface area contributed by atoms with Gasteiger partial charge in [0.1, 0.15) is 5.82 Å². The molecule has 1 aliphatic heterocycles. The van der Waals surface area contributed by atoms with Crippen molar-refractivity contribution in [2.75, 3.05) is 19.8 Å². The van der Waals surface area contributed by atoms with E-state index in [9.17, 15) is 4.79 Å². The van der Waals surface area contributed by atoms with Crippen molar-refractivity contribution in [2.45, 2.75) is 25.7 Å². The SMILES string of the molecule is O=C(C[C@@H]1CCOC1)NCCCc1nc2ccc(Cl)cc2[nH]1. The molecule has 5 nitrogen and oxygen atoms in total. The van der Waals surface area contributed by atoms with Gasteiger partial charge in [-0.05, 0) is 37.0 Å². The highest BCUT2D eigenvalue weighted by molar-refractivity contribution is 6.31. The van der Waals surface area contributed by atoms with Crippen LogP contribution in [-0.2, 0) is 16.0 Å². The molecule has 3 rings (SSSR count). The quantitative estimate of drug-likeness (QED) is 0.804. The zero-order chi connectivity index (χ0) is 15.4. The molecule has 22 heavy (non-hydrogen) atoms. The maximum Gasteiger partial charge on any atom is 0.220 e. The van der Waals surface area contributed by atoms with Crippen molar-refractivity contribution in [3.05, 3.63) is 29.0 Å². The highest BCUT2D eigenvalue weighted by Gasteiger charge is 2.18. The van der Waals surface area contributed by atoms with E-state index >= 15 is 0 Å². The lowest BCUT2D eigenvalue weighted by atomic mass is 10.0. The number of hydrogen-bond donors (Lipinski definition) is 2. The number of amides is 1. The number of halogens is 1. The number of H-pyrrole nitrogens is 1. The van der Waals surface area contributed by atoms with E-state index in [-0.39, 0.29) is 5.91 Å². The molecule has 0 bridgehead atoms. The molecule has 2 aromatic rings. The van der Waals surface area contributed by atoms with Crippen LogP contribution in [0.3, 0.4) is 0 Å². The Balaban J connectivity index is 1.41. The maximum atomic E-state index is 11.8. The van der Waals surface area contributed by atoms with Crippen LogP contribution in [0.2, 0.25) is 5.02 Å². The van der Waals surface area contributed by atoms with Crippen molar-refractivity contribution < 1.29 is 9.53 Å². The molecule has 0 spiro atoms. The van der Waals surface area contributed by atoms with Crippen molar-refractivity contribution in [1.29, 1.82) is 0 Å². The van der Waals surface area contributed by atoms with Gasteiger partial charge in [-0.2, -0.15) is 0 Å². The number of carbonyl (C=O) groups excluding carboxylic acids is 1. The number of aryl methyl sites for hydroxylation is 1. The summed E-state index contributed by atoms with van der Waals surface area (Å²) in [5, 5.41) is 3.67. The second-order valence-corrected chi connectivity index (χ2v) is 6.17. The molecular weight excluding hydrogens is 302 g/mol. The Bertz CT molecular complexity index is 650. The van der Waals surface area contributed by atoms with Gasteiger partial charge in [0.15, 0.2) is 0 Å². The minimum Gasteiger partial charge on any atom is -0.381 e. The lowest BCUT2D eigenvalue weighted by Crippen LogP contribution is -2.27. The first-order chi connectivity index (χ1) is 10.7. The first-order valence-electron chi connectivity index (χ1n) is 7.69. The smallest absolute Gasteiger partial charge is 0.220 e. The number of carbonyl (C=O) groups is 1. The van der Waals surface area contributed by atoms with Crippen LogP contribution in [0.4, 0.5) is 0 Å².